The fourth-order valence-electron chi connectivity index (χ4n) is 10.2. The van der Waals surface area contributed by atoms with E-state index in [2.05, 4.69) is 57.2 Å². The van der Waals surface area contributed by atoms with Crippen LogP contribution < -0.4 is 0 Å². The number of unbranched alkanes of at least 4 members (excludes halogenated alkanes) is 46. The van der Waals surface area contributed by atoms with Crippen molar-refractivity contribution in [2.45, 2.75) is 380 Å². The average Bonchev–Trinajstić information content (AvgIpc) is 3.42. The highest BCUT2D eigenvalue weighted by molar-refractivity contribution is 5.71. The van der Waals surface area contributed by atoms with Gasteiger partial charge in [0.25, 0.3) is 0 Å². The molecule has 0 spiro atoms. The molecule has 0 saturated heterocycles. The molecule has 0 aliphatic carbocycles. The molecule has 0 amide bonds. The van der Waals surface area contributed by atoms with Crippen molar-refractivity contribution >= 4 is 17.9 Å². The minimum atomic E-state index is -0.770. The van der Waals surface area contributed by atoms with E-state index in [-0.39, 0.29) is 31.1 Å². The van der Waals surface area contributed by atoms with Crippen LogP contribution in [-0.2, 0) is 28.6 Å². The maximum absolute atomic E-state index is 12.8. The molecule has 1 atom stereocenters. The standard InChI is InChI=1S/C70H130O6/c1-4-7-10-13-15-17-19-21-23-25-27-28-29-30-31-32-33-34-35-36-37-38-39-40-41-42-43-45-46-48-50-52-54-57-60-63-69(72)75-66-67(65-74-68(71)62-59-56-12-9-6-3)76-70(73)64-61-58-55-53-51-49-47-44-26-24-22-20-18-16-14-11-8-5-2/h18,20,24-27,67H,4-17,19,21-23,28-66H2,1-3H3/b20-18-,26-24-,27-25-. The fraction of sp³-hybridized carbons (Fsp3) is 0.871. The van der Waals surface area contributed by atoms with Gasteiger partial charge in [0, 0.05) is 19.3 Å². The van der Waals surface area contributed by atoms with Gasteiger partial charge in [0.2, 0.25) is 0 Å². The van der Waals surface area contributed by atoms with Crippen molar-refractivity contribution in [1.29, 1.82) is 0 Å². The summed E-state index contributed by atoms with van der Waals surface area (Å²) in [7, 11) is 0. The first kappa shape index (κ1) is 73.6. The highest BCUT2D eigenvalue weighted by Gasteiger charge is 2.19. The van der Waals surface area contributed by atoms with Crippen molar-refractivity contribution in [1.82, 2.24) is 0 Å². The number of hydrogen-bond donors (Lipinski definition) is 0. The summed E-state index contributed by atoms with van der Waals surface area (Å²) in [5.41, 5.74) is 0. The van der Waals surface area contributed by atoms with E-state index in [4.69, 9.17) is 14.2 Å². The molecule has 0 fully saturated rings. The second-order valence-corrected chi connectivity index (χ2v) is 23.1. The lowest BCUT2D eigenvalue weighted by atomic mass is 10.0. The Hall–Kier alpha value is -2.37. The van der Waals surface area contributed by atoms with Crippen LogP contribution in [0.25, 0.3) is 0 Å². The van der Waals surface area contributed by atoms with Crippen molar-refractivity contribution in [3.05, 3.63) is 36.5 Å². The van der Waals surface area contributed by atoms with Crippen LogP contribution >= 0.6 is 0 Å². The predicted octanol–water partition coefficient (Wildman–Crippen LogP) is 23.2. The van der Waals surface area contributed by atoms with Crippen LogP contribution in [0.1, 0.15) is 374 Å². The van der Waals surface area contributed by atoms with E-state index >= 15 is 0 Å². The first-order valence-electron chi connectivity index (χ1n) is 34.0. The maximum atomic E-state index is 12.8. The smallest absolute Gasteiger partial charge is 0.306 e. The van der Waals surface area contributed by atoms with Gasteiger partial charge < -0.3 is 14.2 Å². The van der Waals surface area contributed by atoms with Crippen molar-refractivity contribution in [3.8, 4) is 0 Å². The van der Waals surface area contributed by atoms with E-state index in [9.17, 15) is 14.4 Å². The van der Waals surface area contributed by atoms with E-state index in [1.807, 2.05) is 0 Å². The van der Waals surface area contributed by atoms with Crippen molar-refractivity contribution in [2.24, 2.45) is 0 Å². The molecular formula is C70H130O6. The Balaban J connectivity index is 3.86. The molecule has 0 aliphatic rings. The zero-order valence-corrected chi connectivity index (χ0v) is 51.3. The molecule has 0 aromatic rings. The molecule has 76 heavy (non-hydrogen) atoms. The molecule has 0 heterocycles. The van der Waals surface area contributed by atoms with E-state index in [1.54, 1.807) is 0 Å². The third-order valence-corrected chi connectivity index (χ3v) is 15.4. The molecule has 0 radical (unpaired) electrons. The molecule has 6 nitrogen and oxygen atoms in total. The number of carbonyl (C=O) groups is 3. The van der Waals surface area contributed by atoms with Crippen molar-refractivity contribution in [3.63, 3.8) is 0 Å². The van der Waals surface area contributed by atoms with Crippen LogP contribution in [0.4, 0.5) is 0 Å². The molecule has 446 valence electrons. The van der Waals surface area contributed by atoms with Gasteiger partial charge in [-0.1, -0.05) is 314 Å². The Bertz CT molecular complexity index is 1270. The Morgan fingerprint density at radius 3 is 0.750 bits per heavy atom. The zero-order valence-electron chi connectivity index (χ0n) is 51.3. The second-order valence-electron chi connectivity index (χ2n) is 23.1. The highest BCUT2D eigenvalue weighted by Crippen LogP contribution is 2.18. The summed E-state index contributed by atoms with van der Waals surface area (Å²) in [4.78, 5) is 37.9. The lowest BCUT2D eigenvalue weighted by Crippen LogP contribution is -2.30. The number of carbonyl (C=O) groups excluding carboxylic acids is 3. The first-order chi connectivity index (χ1) is 37.5. The molecule has 0 rings (SSSR count). The lowest BCUT2D eigenvalue weighted by molar-refractivity contribution is -0.167. The molecular weight excluding hydrogens is 937 g/mol. The summed E-state index contributed by atoms with van der Waals surface area (Å²) in [5, 5.41) is 0. The first-order valence-corrected chi connectivity index (χ1v) is 34.0. The lowest BCUT2D eigenvalue weighted by Gasteiger charge is -2.18. The molecule has 0 N–H and O–H groups in total. The maximum Gasteiger partial charge on any atom is 0.306 e. The van der Waals surface area contributed by atoms with Gasteiger partial charge in [-0.25, -0.2) is 0 Å². The Morgan fingerprint density at radius 2 is 0.474 bits per heavy atom. The minimum Gasteiger partial charge on any atom is -0.462 e. The van der Waals surface area contributed by atoms with E-state index in [1.165, 1.54) is 257 Å². The summed E-state index contributed by atoms with van der Waals surface area (Å²) in [6.07, 6.45) is 81.0. The van der Waals surface area contributed by atoms with E-state index in [0.29, 0.717) is 19.3 Å². The van der Waals surface area contributed by atoms with Gasteiger partial charge in [-0.05, 0) is 77.0 Å². The number of hydrogen-bond acceptors (Lipinski definition) is 6. The minimum absolute atomic E-state index is 0.0715. The third-order valence-electron chi connectivity index (χ3n) is 15.4. The normalized spacial score (nSPS) is 12.2. The monoisotopic (exact) mass is 1070 g/mol. The van der Waals surface area contributed by atoms with Gasteiger partial charge >= 0.3 is 17.9 Å². The van der Waals surface area contributed by atoms with Crippen LogP contribution in [0.5, 0.6) is 0 Å². The third kappa shape index (κ3) is 62.5. The van der Waals surface area contributed by atoms with Gasteiger partial charge in [-0.2, -0.15) is 0 Å². The topological polar surface area (TPSA) is 78.9 Å². The molecule has 0 saturated carbocycles. The molecule has 0 aromatic heterocycles. The zero-order chi connectivity index (χ0) is 55.0. The van der Waals surface area contributed by atoms with Gasteiger partial charge in [-0.3, -0.25) is 14.4 Å². The van der Waals surface area contributed by atoms with Crippen LogP contribution in [0.2, 0.25) is 0 Å². The summed E-state index contributed by atoms with van der Waals surface area (Å²) in [6.45, 7) is 6.58. The fourth-order valence-corrected chi connectivity index (χ4v) is 10.2. The average molecular weight is 1070 g/mol. The predicted molar refractivity (Wildman–Crippen MR) is 330 cm³/mol. The Kier molecular flexibility index (Phi) is 63.1. The number of ether oxygens (including phenoxy) is 3. The highest BCUT2D eigenvalue weighted by atomic mass is 16.6. The number of rotatable bonds is 63. The largest absolute Gasteiger partial charge is 0.462 e. The van der Waals surface area contributed by atoms with E-state index < -0.39 is 6.10 Å². The van der Waals surface area contributed by atoms with Gasteiger partial charge in [0.1, 0.15) is 13.2 Å². The van der Waals surface area contributed by atoms with Gasteiger partial charge in [0.15, 0.2) is 6.10 Å². The van der Waals surface area contributed by atoms with Crippen LogP contribution in [0.15, 0.2) is 36.5 Å². The summed E-state index contributed by atoms with van der Waals surface area (Å²) >= 11 is 0. The quantitative estimate of drug-likeness (QED) is 0.0261. The Morgan fingerprint density at radius 1 is 0.263 bits per heavy atom. The summed E-state index contributed by atoms with van der Waals surface area (Å²) < 4.78 is 16.8. The van der Waals surface area contributed by atoms with Gasteiger partial charge in [0.05, 0.1) is 0 Å². The van der Waals surface area contributed by atoms with Crippen LogP contribution in [-0.4, -0.2) is 37.2 Å². The second kappa shape index (κ2) is 65.2. The molecule has 6 heteroatoms. The van der Waals surface area contributed by atoms with Crippen molar-refractivity contribution in [2.75, 3.05) is 13.2 Å². The molecule has 0 aliphatic heterocycles. The Labute approximate surface area is 474 Å². The SMILES string of the molecule is CCCCCC/C=C\C/C=C\CCCCCCCCCC(=O)OC(COC(=O)CCCCCCC)COC(=O)CCCCCCCCCCCCCCCCCCCCCCCCC/C=C\CCCCCCCCCC. The van der Waals surface area contributed by atoms with Crippen LogP contribution in [0.3, 0.4) is 0 Å². The molecule has 0 aromatic carbocycles. The van der Waals surface area contributed by atoms with Gasteiger partial charge in [-0.15, -0.1) is 0 Å². The molecule has 0 bridgehead atoms. The number of allylic oxidation sites excluding steroid dienone is 6. The van der Waals surface area contributed by atoms with Crippen molar-refractivity contribution < 1.29 is 28.6 Å². The summed E-state index contributed by atoms with van der Waals surface area (Å²) in [5.74, 6) is -0.874. The molecule has 1 unspecified atom stereocenters. The summed E-state index contributed by atoms with van der Waals surface area (Å²) in [6, 6.07) is 0. The van der Waals surface area contributed by atoms with E-state index in [0.717, 1.165) is 77.0 Å². The number of esters is 3. The van der Waals surface area contributed by atoms with Crippen LogP contribution in [0, 0.1) is 0 Å².